The number of fused-ring (bicyclic) bond motifs is 2. The molecule has 14 heavy (non-hydrogen) atoms. The molecule has 3 fully saturated rings. The molecule has 2 aliphatic carbocycles. The van der Waals surface area contributed by atoms with E-state index in [4.69, 9.17) is 4.74 Å². The highest BCUT2D eigenvalue weighted by molar-refractivity contribution is 5.08. The normalized spacial score (nSPS) is 46.7. The molecule has 3 unspecified atom stereocenters. The van der Waals surface area contributed by atoms with Crippen LogP contribution in [0.3, 0.4) is 0 Å². The van der Waals surface area contributed by atoms with Gasteiger partial charge in [0, 0.05) is 12.3 Å². The highest BCUT2D eigenvalue weighted by atomic mass is 16.5. The summed E-state index contributed by atoms with van der Waals surface area (Å²) in [5.41, 5.74) is 0.252. The van der Waals surface area contributed by atoms with Crippen molar-refractivity contribution in [2.24, 2.45) is 11.8 Å². The van der Waals surface area contributed by atoms with Crippen LogP contribution in [0.15, 0.2) is 12.3 Å². The Balaban J connectivity index is 1.83. The van der Waals surface area contributed by atoms with Gasteiger partial charge in [0.2, 0.25) is 0 Å². The largest absolute Gasteiger partial charge is 0.492 e. The lowest BCUT2D eigenvalue weighted by atomic mass is 9.75. The van der Waals surface area contributed by atoms with Gasteiger partial charge in [-0.05, 0) is 31.6 Å². The minimum atomic E-state index is 0.252. The van der Waals surface area contributed by atoms with Crippen LogP contribution in [0.1, 0.15) is 51.4 Å². The van der Waals surface area contributed by atoms with E-state index in [0.29, 0.717) is 0 Å². The average molecular weight is 192 g/mol. The first kappa shape index (κ1) is 8.82. The molecular weight excluding hydrogens is 172 g/mol. The summed E-state index contributed by atoms with van der Waals surface area (Å²) in [6.07, 6.45) is 10.9. The van der Waals surface area contributed by atoms with Crippen molar-refractivity contribution in [1.82, 2.24) is 0 Å². The monoisotopic (exact) mass is 192 g/mol. The molecule has 1 heterocycles. The van der Waals surface area contributed by atoms with Crippen LogP contribution in [0.5, 0.6) is 0 Å². The third-order valence-corrected chi connectivity index (χ3v) is 4.70. The van der Waals surface area contributed by atoms with Gasteiger partial charge in [-0.15, -0.1) is 0 Å². The standard InChI is InChI=1S/C13H20O/c1-10-6-8-13(14-10)9-7-11-4-2-3-5-12(11)13/h11-12H,1-9H2. The number of hydrogen-bond acceptors (Lipinski definition) is 1. The second kappa shape index (κ2) is 3.01. The van der Waals surface area contributed by atoms with Crippen LogP contribution in [0.4, 0.5) is 0 Å². The summed E-state index contributed by atoms with van der Waals surface area (Å²) in [7, 11) is 0. The molecule has 2 saturated carbocycles. The second-order valence-electron chi connectivity index (χ2n) is 5.40. The smallest absolute Gasteiger partial charge is 0.112 e. The summed E-state index contributed by atoms with van der Waals surface area (Å²) in [6.45, 7) is 3.99. The van der Waals surface area contributed by atoms with Gasteiger partial charge in [0.15, 0.2) is 0 Å². The quantitative estimate of drug-likeness (QED) is 0.569. The highest BCUT2D eigenvalue weighted by Gasteiger charge is 2.52. The second-order valence-corrected chi connectivity index (χ2v) is 5.40. The minimum Gasteiger partial charge on any atom is -0.492 e. The fourth-order valence-corrected chi connectivity index (χ4v) is 4.04. The van der Waals surface area contributed by atoms with Crippen LogP contribution < -0.4 is 0 Å². The topological polar surface area (TPSA) is 9.23 Å². The van der Waals surface area contributed by atoms with Crippen molar-refractivity contribution in [3.63, 3.8) is 0 Å². The molecule has 3 rings (SSSR count). The van der Waals surface area contributed by atoms with Crippen LogP contribution in [0.2, 0.25) is 0 Å². The van der Waals surface area contributed by atoms with Gasteiger partial charge in [0.05, 0.1) is 5.76 Å². The van der Waals surface area contributed by atoms with E-state index in [-0.39, 0.29) is 5.60 Å². The summed E-state index contributed by atoms with van der Waals surface area (Å²) in [4.78, 5) is 0. The van der Waals surface area contributed by atoms with E-state index in [0.717, 1.165) is 24.0 Å². The van der Waals surface area contributed by atoms with Gasteiger partial charge in [-0.3, -0.25) is 0 Å². The van der Waals surface area contributed by atoms with Gasteiger partial charge in [0.1, 0.15) is 5.60 Å². The average Bonchev–Trinajstić information content (AvgIpc) is 2.75. The van der Waals surface area contributed by atoms with E-state index in [2.05, 4.69) is 6.58 Å². The lowest BCUT2D eigenvalue weighted by Gasteiger charge is -2.36. The molecule has 0 radical (unpaired) electrons. The summed E-state index contributed by atoms with van der Waals surface area (Å²) in [5.74, 6) is 2.90. The molecule has 78 valence electrons. The fourth-order valence-electron chi connectivity index (χ4n) is 4.04. The third-order valence-electron chi connectivity index (χ3n) is 4.70. The Hall–Kier alpha value is -0.460. The fraction of sp³-hybridized carbons (Fsp3) is 0.846. The Kier molecular flexibility index (Phi) is 1.90. The van der Waals surface area contributed by atoms with Crippen molar-refractivity contribution >= 4 is 0 Å². The van der Waals surface area contributed by atoms with Gasteiger partial charge < -0.3 is 4.74 Å². The van der Waals surface area contributed by atoms with E-state index < -0.39 is 0 Å². The Bertz CT molecular complexity index is 258. The Morgan fingerprint density at radius 2 is 2.00 bits per heavy atom. The van der Waals surface area contributed by atoms with Crippen LogP contribution in [-0.2, 0) is 4.74 Å². The Morgan fingerprint density at radius 3 is 2.79 bits per heavy atom. The van der Waals surface area contributed by atoms with Gasteiger partial charge >= 0.3 is 0 Å². The van der Waals surface area contributed by atoms with Crippen LogP contribution in [-0.4, -0.2) is 5.60 Å². The van der Waals surface area contributed by atoms with Gasteiger partial charge in [0.25, 0.3) is 0 Å². The van der Waals surface area contributed by atoms with Gasteiger partial charge in [-0.1, -0.05) is 25.8 Å². The number of hydrogen-bond donors (Lipinski definition) is 0. The number of allylic oxidation sites excluding steroid dienone is 1. The maximum Gasteiger partial charge on any atom is 0.112 e. The molecule has 0 N–H and O–H groups in total. The SMILES string of the molecule is C=C1CCC2(CCC3CCCCC32)O1. The lowest BCUT2D eigenvalue weighted by molar-refractivity contribution is -0.0157. The van der Waals surface area contributed by atoms with E-state index in [1.165, 1.54) is 44.9 Å². The zero-order valence-electron chi connectivity index (χ0n) is 8.93. The van der Waals surface area contributed by atoms with Crippen molar-refractivity contribution in [1.29, 1.82) is 0 Å². The molecule has 1 nitrogen and oxygen atoms in total. The van der Waals surface area contributed by atoms with Crippen molar-refractivity contribution in [3.8, 4) is 0 Å². The molecule has 0 aromatic rings. The van der Waals surface area contributed by atoms with Crippen molar-refractivity contribution in [2.75, 3.05) is 0 Å². The van der Waals surface area contributed by atoms with E-state index in [1.54, 1.807) is 0 Å². The lowest BCUT2D eigenvalue weighted by Crippen LogP contribution is -2.35. The molecule has 1 spiro atoms. The van der Waals surface area contributed by atoms with Crippen molar-refractivity contribution < 1.29 is 4.74 Å². The summed E-state index contributed by atoms with van der Waals surface area (Å²) in [5, 5.41) is 0. The molecule has 1 saturated heterocycles. The number of rotatable bonds is 0. The molecule has 0 bridgehead atoms. The Labute approximate surface area is 86.5 Å². The van der Waals surface area contributed by atoms with Crippen molar-refractivity contribution in [3.05, 3.63) is 12.3 Å². The predicted molar refractivity (Wildman–Crippen MR) is 56.9 cm³/mol. The van der Waals surface area contributed by atoms with Crippen LogP contribution in [0, 0.1) is 11.8 Å². The zero-order chi connectivity index (χ0) is 9.60. The molecule has 1 aliphatic heterocycles. The van der Waals surface area contributed by atoms with Crippen molar-refractivity contribution in [2.45, 2.75) is 57.0 Å². The first-order chi connectivity index (χ1) is 6.80. The van der Waals surface area contributed by atoms with Crippen LogP contribution >= 0.6 is 0 Å². The third kappa shape index (κ3) is 1.14. The molecular formula is C13H20O. The maximum atomic E-state index is 6.08. The van der Waals surface area contributed by atoms with Gasteiger partial charge in [-0.25, -0.2) is 0 Å². The summed E-state index contributed by atoms with van der Waals surface area (Å²) < 4.78 is 6.08. The molecule has 0 amide bonds. The maximum absolute atomic E-state index is 6.08. The minimum absolute atomic E-state index is 0.252. The van der Waals surface area contributed by atoms with Crippen LogP contribution in [0.25, 0.3) is 0 Å². The van der Waals surface area contributed by atoms with E-state index in [1.807, 2.05) is 0 Å². The number of ether oxygens (including phenoxy) is 1. The first-order valence-corrected chi connectivity index (χ1v) is 6.17. The summed E-state index contributed by atoms with van der Waals surface area (Å²) >= 11 is 0. The van der Waals surface area contributed by atoms with Gasteiger partial charge in [-0.2, -0.15) is 0 Å². The highest BCUT2D eigenvalue weighted by Crippen LogP contribution is 2.55. The predicted octanol–water partition coefficient (Wildman–Crippen LogP) is 3.65. The first-order valence-electron chi connectivity index (χ1n) is 6.17. The zero-order valence-corrected chi connectivity index (χ0v) is 8.93. The molecule has 3 aliphatic rings. The van der Waals surface area contributed by atoms with E-state index in [9.17, 15) is 0 Å². The molecule has 1 heteroatoms. The van der Waals surface area contributed by atoms with E-state index >= 15 is 0 Å². The Morgan fingerprint density at radius 1 is 1.14 bits per heavy atom. The molecule has 0 aromatic carbocycles. The summed E-state index contributed by atoms with van der Waals surface area (Å²) in [6, 6.07) is 0. The molecule has 0 aromatic heterocycles. The molecule has 3 atom stereocenters.